The van der Waals surface area contributed by atoms with Crippen LogP contribution in [0.1, 0.15) is 17.1 Å². The van der Waals surface area contributed by atoms with Gasteiger partial charge in [-0.05, 0) is 6.07 Å². The van der Waals surface area contributed by atoms with E-state index in [9.17, 15) is 0 Å². The summed E-state index contributed by atoms with van der Waals surface area (Å²) in [4.78, 5) is 3.78. The Labute approximate surface area is 85.9 Å². The first-order valence-electron chi connectivity index (χ1n) is 4.37. The predicted molar refractivity (Wildman–Crippen MR) is 50.4 cm³/mol. The fraction of sp³-hybridized carbons (Fsp3) is 0.222. The molecule has 0 aliphatic carbocycles. The highest BCUT2D eigenvalue weighted by Gasteiger charge is 2.04. The van der Waals surface area contributed by atoms with Gasteiger partial charge in [0.05, 0.1) is 6.26 Å². The van der Waals surface area contributed by atoms with E-state index in [1.54, 1.807) is 6.26 Å². The van der Waals surface area contributed by atoms with Crippen LogP contribution in [0.3, 0.4) is 0 Å². The van der Waals surface area contributed by atoms with Crippen LogP contribution in [-0.2, 0) is 13.1 Å². The van der Waals surface area contributed by atoms with Crippen molar-refractivity contribution >= 4 is 0 Å². The van der Waals surface area contributed by atoms with Gasteiger partial charge in [0, 0.05) is 12.1 Å². The number of rotatable bonds is 3. The second-order valence-electron chi connectivity index (χ2n) is 3.00. The van der Waals surface area contributed by atoms with Gasteiger partial charge in [-0.3, -0.25) is 0 Å². The van der Waals surface area contributed by atoms with Crippen molar-refractivity contribution in [2.24, 2.45) is 5.73 Å². The first-order chi connectivity index (χ1) is 7.31. The van der Waals surface area contributed by atoms with Crippen LogP contribution in [0.15, 0.2) is 23.1 Å². The van der Waals surface area contributed by atoms with Gasteiger partial charge in [-0.1, -0.05) is 0 Å². The first kappa shape index (κ1) is 9.43. The molecule has 2 aromatic heterocycles. The van der Waals surface area contributed by atoms with Gasteiger partial charge in [0.25, 0.3) is 5.82 Å². The highest BCUT2D eigenvalue weighted by Crippen LogP contribution is 2.08. The molecule has 0 saturated carbocycles. The van der Waals surface area contributed by atoms with Gasteiger partial charge in [0.15, 0.2) is 0 Å². The minimum Gasteiger partial charge on any atom is -0.467 e. The summed E-state index contributed by atoms with van der Waals surface area (Å²) in [7, 11) is 0. The fourth-order valence-electron chi connectivity index (χ4n) is 1.20. The van der Waals surface area contributed by atoms with Gasteiger partial charge in [-0.25, -0.2) is 9.67 Å². The SMILES string of the molecule is N#Cc1ncn(Cc2cc(CN)co2)n1. The van der Waals surface area contributed by atoms with E-state index in [1.165, 1.54) is 11.0 Å². The van der Waals surface area contributed by atoms with Crippen molar-refractivity contribution in [3.8, 4) is 6.07 Å². The summed E-state index contributed by atoms with van der Waals surface area (Å²) in [6.45, 7) is 0.902. The van der Waals surface area contributed by atoms with Crippen LogP contribution < -0.4 is 5.73 Å². The molecule has 2 rings (SSSR count). The smallest absolute Gasteiger partial charge is 0.252 e. The molecule has 0 fully saturated rings. The Morgan fingerprint density at radius 3 is 3.07 bits per heavy atom. The minimum atomic E-state index is 0.153. The van der Waals surface area contributed by atoms with E-state index < -0.39 is 0 Å². The summed E-state index contributed by atoms with van der Waals surface area (Å²) in [5.41, 5.74) is 6.38. The molecule has 0 unspecified atom stereocenters. The van der Waals surface area contributed by atoms with Crippen molar-refractivity contribution in [1.29, 1.82) is 5.26 Å². The lowest BCUT2D eigenvalue weighted by Crippen LogP contribution is -1.99. The zero-order chi connectivity index (χ0) is 10.7. The lowest BCUT2D eigenvalue weighted by molar-refractivity contribution is 0.478. The summed E-state index contributed by atoms with van der Waals surface area (Å²) in [6.07, 6.45) is 3.10. The van der Waals surface area contributed by atoms with E-state index in [2.05, 4.69) is 10.1 Å². The van der Waals surface area contributed by atoms with Crippen molar-refractivity contribution in [2.75, 3.05) is 0 Å². The maximum atomic E-state index is 8.53. The number of furan rings is 1. The standard InChI is InChI=1S/C9H9N5O/c10-2-7-1-8(15-5-7)4-14-6-12-9(3-11)13-14/h1,5-6H,2,4,10H2. The van der Waals surface area contributed by atoms with E-state index in [0.717, 1.165) is 11.3 Å². The van der Waals surface area contributed by atoms with Gasteiger partial charge in [-0.2, -0.15) is 5.26 Å². The third-order valence-electron chi connectivity index (χ3n) is 1.90. The second kappa shape index (κ2) is 3.94. The Morgan fingerprint density at radius 2 is 2.47 bits per heavy atom. The van der Waals surface area contributed by atoms with Crippen LogP contribution in [0.2, 0.25) is 0 Å². The lowest BCUT2D eigenvalue weighted by Gasteiger charge is -1.94. The number of hydrogen-bond acceptors (Lipinski definition) is 5. The third kappa shape index (κ3) is 2.03. The Balaban J connectivity index is 2.11. The Hall–Kier alpha value is -2.13. The normalized spacial score (nSPS) is 10.1. The van der Waals surface area contributed by atoms with Crippen LogP contribution in [0, 0.1) is 11.3 Å². The van der Waals surface area contributed by atoms with Gasteiger partial charge in [0.1, 0.15) is 24.7 Å². The molecule has 0 spiro atoms. The fourth-order valence-corrected chi connectivity index (χ4v) is 1.20. The molecule has 0 aromatic carbocycles. The van der Waals surface area contributed by atoms with Crippen LogP contribution >= 0.6 is 0 Å². The Bertz CT molecular complexity index is 493. The molecule has 0 bridgehead atoms. The Kier molecular flexibility index (Phi) is 2.48. The van der Waals surface area contributed by atoms with E-state index >= 15 is 0 Å². The van der Waals surface area contributed by atoms with Crippen molar-refractivity contribution in [2.45, 2.75) is 13.1 Å². The molecule has 0 radical (unpaired) electrons. The van der Waals surface area contributed by atoms with Gasteiger partial charge in [-0.15, -0.1) is 5.10 Å². The molecule has 76 valence electrons. The highest BCUT2D eigenvalue weighted by atomic mass is 16.3. The first-order valence-corrected chi connectivity index (χ1v) is 4.37. The molecular weight excluding hydrogens is 194 g/mol. The molecule has 15 heavy (non-hydrogen) atoms. The van der Waals surface area contributed by atoms with E-state index in [0.29, 0.717) is 13.1 Å². The van der Waals surface area contributed by atoms with Crippen molar-refractivity contribution in [3.63, 3.8) is 0 Å². The summed E-state index contributed by atoms with van der Waals surface area (Å²) < 4.78 is 6.79. The minimum absolute atomic E-state index is 0.153. The maximum Gasteiger partial charge on any atom is 0.252 e. The molecular formula is C9H9N5O. The zero-order valence-electron chi connectivity index (χ0n) is 7.92. The molecule has 2 N–H and O–H groups in total. The highest BCUT2D eigenvalue weighted by molar-refractivity contribution is 5.13. The summed E-state index contributed by atoms with van der Waals surface area (Å²) in [6, 6.07) is 3.71. The van der Waals surface area contributed by atoms with Crippen LogP contribution in [0.5, 0.6) is 0 Å². The maximum absolute atomic E-state index is 8.53. The molecule has 0 atom stereocenters. The number of nitrogens with zero attached hydrogens (tertiary/aromatic N) is 4. The number of nitrogens with two attached hydrogens (primary N) is 1. The summed E-state index contributed by atoms with van der Waals surface area (Å²) in [5.74, 6) is 0.894. The molecule has 0 aliphatic rings. The summed E-state index contributed by atoms with van der Waals surface area (Å²) >= 11 is 0. The van der Waals surface area contributed by atoms with Crippen LogP contribution in [0.25, 0.3) is 0 Å². The van der Waals surface area contributed by atoms with E-state index in [4.69, 9.17) is 15.4 Å². The van der Waals surface area contributed by atoms with Gasteiger partial charge >= 0.3 is 0 Å². The average Bonchev–Trinajstić information content (AvgIpc) is 2.87. The van der Waals surface area contributed by atoms with E-state index in [1.807, 2.05) is 12.1 Å². The largest absolute Gasteiger partial charge is 0.467 e. The van der Waals surface area contributed by atoms with Crippen molar-refractivity contribution < 1.29 is 4.42 Å². The third-order valence-corrected chi connectivity index (χ3v) is 1.90. The Morgan fingerprint density at radius 1 is 1.60 bits per heavy atom. The number of aromatic nitrogens is 3. The number of hydrogen-bond donors (Lipinski definition) is 1. The molecule has 6 nitrogen and oxygen atoms in total. The quantitative estimate of drug-likeness (QED) is 0.771. The average molecular weight is 203 g/mol. The van der Waals surface area contributed by atoms with Crippen LogP contribution in [-0.4, -0.2) is 14.8 Å². The number of nitriles is 1. The molecule has 0 aliphatic heterocycles. The van der Waals surface area contributed by atoms with E-state index in [-0.39, 0.29) is 5.82 Å². The zero-order valence-corrected chi connectivity index (χ0v) is 7.92. The van der Waals surface area contributed by atoms with Crippen LogP contribution in [0.4, 0.5) is 0 Å². The molecule has 0 amide bonds. The second-order valence-corrected chi connectivity index (χ2v) is 3.00. The van der Waals surface area contributed by atoms with Crippen molar-refractivity contribution in [3.05, 3.63) is 35.8 Å². The summed E-state index contributed by atoms with van der Waals surface area (Å²) in [5, 5.41) is 12.4. The monoisotopic (exact) mass is 203 g/mol. The lowest BCUT2D eigenvalue weighted by atomic mass is 10.3. The van der Waals surface area contributed by atoms with Gasteiger partial charge < -0.3 is 10.2 Å². The molecule has 0 saturated heterocycles. The topological polar surface area (TPSA) is 93.7 Å². The molecule has 6 heteroatoms. The predicted octanol–water partition coefficient (Wildman–Crippen LogP) is 0.250. The molecule has 2 heterocycles. The molecule has 2 aromatic rings. The van der Waals surface area contributed by atoms with Crippen molar-refractivity contribution in [1.82, 2.24) is 14.8 Å². The van der Waals surface area contributed by atoms with Gasteiger partial charge in [0.2, 0.25) is 0 Å².